The van der Waals surface area contributed by atoms with Crippen LogP contribution in [0.1, 0.15) is 37.7 Å². The second kappa shape index (κ2) is 6.08. The van der Waals surface area contributed by atoms with E-state index in [4.69, 9.17) is 23.2 Å². The lowest BCUT2D eigenvalue weighted by Gasteiger charge is -2.33. The maximum Gasteiger partial charge on any atom is 0.0441 e. The van der Waals surface area contributed by atoms with Gasteiger partial charge in [0.2, 0.25) is 0 Å². The van der Waals surface area contributed by atoms with Crippen molar-refractivity contribution in [3.63, 3.8) is 0 Å². The van der Waals surface area contributed by atoms with Gasteiger partial charge in [-0.3, -0.25) is 0 Å². The summed E-state index contributed by atoms with van der Waals surface area (Å²) in [5.74, 6) is 1.24. The number of nitrogens with one attached hydrogen (secondary N) is 1. The predicted octanol–water partition coefficient (Wildman–Crippen LogP) is 4.49. The smallest absolute Gasteiger partial charge is 0.0441 e. The van der Waals surface area contributed by atoms with Crippen molar-refractivity contribution in [2.75, 3.05) is 13.1 Å². The highest BCUT2D eigenvalue weighted by Crippen LogP contribution is 2.37. The Kier molecular flexibility index (Phi) is 4.72. The summed E-state index contributed by atoms with van der Waals surface area (Å²) in [6.45, 7) is 4.42. The van der Waals surface area contributed by atoms with Gasteiger partial charge in [-0.05, 0) is 61.5 Å². The lowest BCUT2D eigenvalue weighted by Crippen LogP contribution is -2.35. The summed E-state index contributed by atoms with van der Waals surface area (Å²) in [5.41, 5.74) is 1.24. The molecule has 1 N–H and O–H groups in total. The van der Waals surface area contributed by atoms with E-state index >= 15 is 0 Å². The monoisotopic (exact) mass is 271 g/mol. The third kappa shape index (κ3) is 3.15. The van der Waals surface area contributed by atoms with Crippen LogP contribution in [0.5, 0.6) is 0 Å². The van der Waals surface area contributed by atoms with E-state index in [0.29, 0.717) is 11.8 Å². The van der Waals surface area contributed by atoms with E-state index in [2.05, 4.69) is 12.2 Å². The average molecular weight is 272 g/mol. The average Bonchev–Trinajstić information content (AvgIpc) is 2.34. The van der Waals surface area contributed by atoms with Gasteiger partial charge in [0.1, 0.15) is 0 Å². The molecule has 2 atom stereocenters. The molecule has 1 aliphatic rings. The summed E-state index contributed by atoms with van der Waals surface area (Å²) in [6, 6.07) is 5.83. The predicted molar refractivity (Wildman–Crippen MR) is 75.1 cm³/mol. The van der Waals surface area contributed by atoms with Crippen molar-refractivity contribution in [2.24, 2.45) is 5.92 Å². The molecule has 17 heavy (non-hydrogen) atoms. The third-order valence-corrected chi connectivity index (χ3v) is 4.20. The van der Waals surface area contributed by atoms with Gasteiger partial charge in [-0.15, -0.1) is 0 Å². The van der Waals surface area contributed by atoms with Crippen LogP contribution in [0.3, 0.4) is 0 Å². The molecule has 3 heteroatoms. The number of hydrogen-bond acceptors (Lipinski definition) is 1. The number of piperidine rings is 1. The fraction of sp³-hybridized carbons (Fsp3) is 0.571. The van der Waals surface area contributed by atoms with E-state index in [1.54, 1.807) is 0 Å². The SMILES string of the molecule is CCCC1CNCCC1c1cc(Cl)ccc1Cl. The van der Waals surface area contributed by atoms with Crippen LogP contribution in [-0.4, -0.2) is 13.1 Å². The summed E-state index contributed by atoms with van der Waals surface area (Å²) in [6.07, 6.45) is 3.63. The molecule has 0 saturated carbocycles. The summed E-state index contributed by atoms with van der Waals surface area (Å²) in [7, 11) is 0. The minimum absolute atomic E-state index is 0.558. The first-order valence-corrected chi connectivity index (χ1v) is 7.13. The molecule has 1 saturated heterocycles. The second-order valence-corrected chi connectivity index (χ2v) is 5.66. The number of benzene rings is 1. The number of halogens is 2. The van der Waals surface area contributed by atoms with Gasteiger partial charge in [0, 0.05) is 10.0 Å². The van der Waals surface area contributed by atoms with Crippen molar-refractivity contribution < 1.29 is 0 Å². The molecule has 0 amide bonds. The Morgan fingerprint density at radius 3 is 2.94 bits per heavy atom. The zero-order chi connectivity index (χ0) is 12.3. The molecule has 1 heterocycles. The molecule has 1 aromatic rings. The second-order valence-electron chi connectivity index (χ2n) is 4.81. The standard InChI is InChI=1S/C14H19Cl2N/c1-2-3-10-9-17-7-6-12(10)13-8-11(15)4-5-14(13)16/h4-5,8,10,12,17H,2-3,6-7,9H2,1H3. The first-order valence-electron chi connectivity index (χ1n) is 6.38. The highest BCUT2D eigenvalue weighted by Gasteiger charge is 2.27. The largest absolute Gasteiger partial charge is 0.316 e. The van der Waals surface area contributed by atoms with Crippen LogP contribution >= 0.6 is 23.2 Å². The fourth-order valence-electron chi connectivity index (χ4n) is 2.81. The van der Waals surface area contributed by atoms with Gasteiger partial charge >= 0.3 is 0 Å². The molecular weight excluding hydrogens is 253 g/mol. The Morgan fingerprint density at radius 1 is 1.35 bits per heavy atom. The van der Waals surface area contributed by atoms with Crippen LogP contribution < -0.4 is 5.32 Å². The van der Waals surface area contributed by atoms with Gasteiger partial charge in [-0.25, -0.2) is 0 Å². The van der Waals surface area contributed by atoms with E-state index < -0.39 is 0 Å². The van der Waals surface area contributed by atoms with E-state index in [0.717, 1.165) is 29.6 Å². The molecule has 2 unspecified atom stereocenters. The Hall–Kier alpha value is -0.240. The third-order valence-electron chi connectivity index (χ3n) is 3.62. The van der Waals surface area contributed by atoms with E-state index in [-0.39, 0.29) is 0 Å². The van der Waals surface area contributed by atoms with Crippen molar-refractivity contribution in [1.29, 1.82) is 0 Å². The molecular formula is C14H19Cl2N. The Morgan fingerprint density at radius 2 is 2.18 bits per heavy atom. The van der Waals surface area contributed by atoms with Crippen molar-refractivity contribution in [3.8, 4) is 0 Å². The van der Waals surface area contributed by atoms with Crippen LogP contribution in [0, 0.1) is 5.92 Å². The molecule has 0 aliphatic carbocycles. The minimum Gasteiger partial charge on any atom is -0.316 e. The summed E-state index contributed by atoms with van der Waals surface area (Å²) in [4.78, 5) is 0. The van der Waals surface area contributed by atoms with Crippen LogP contribution in [0.15, 0.2) is 18.2 Å². The molecule has 2 rings (SSSR count). The minimum atomic E-state index is 0.558. The zero-order valence-electron chi connectivity index (χ0n) is 10.2. The van der Waals surface area contributed by atoms with Gasteiger partial charge in [0.05, 0.1) is 0 Å². The van der Waals surface area contributed by atoms with Gasteiger partial charge < -0.3 is 5.32 Å². The lowest BCUT2D eigenvalue weighted by molar-refractivity contribution is 0.307. The van der Waals surface area contributed by atoms with Crippen molar-refractivity contribution in [1.82, 2.24) is 5.32 Å². The number of rotatable bonds is 3. The summed E-state index contributed by atoms with van der Waals surface area (Å²) >= 11 is 12.4. The molecule has 94 valence electrons. The van der Waals surface area contributed by atoms with E-state index in [1.807, 2.05) is 18.2 Å². The Bertz CT molecular complexity index is 376. The van der Waals surface area contributed by atoms with Gasteiger partial charge in [-0.2, -0.15) is 0 Å². The van der Waals surface area contributed by atoms with Crippen molar-refractivity contribution >= 4 is 23.2 Å². The van der Waals surface area contributed by atoms with Gasteiger partial charge in [-0.1, -0.05) is 36.5 Å². The van der Waals surface area contributed by atoms with Gasteiger partial charge in [0.25, 0.3) is 0 Å². The van der Waals surface area contributed by atoms with Crippen LogP contribution in [0.25, 0.3) is 0 Å². The van der Waals surface area contributed by atoms with Crippen molar-refractivity contribution in [2.45, 2.75) is 32.1 Å². The summed E-state index contributed by atoms with van der Waals surface area (Å²) in [5, 5.41) is 5.13. The quantitative estimate of drug-likeness (QED) is 0.855. The molecule has 0 bridgehead atoms. The zero-order valence-corrected chi connectivity index (χ0v) is 11.7. The van der Waals surface area contributed by atoms with E-state index in [9.17, 15) is 0 Å². The first kappa shape index (κ1) is 13.2. The molecule has 0 radical (unpaired) electrons. The van der Waals surface area contributed by atoms with Crippen LogP contribution in [-0.2, 0) is 0 Å². The summed E-state index contributed by atoms with van der Waals surface area (Å²) < 4.78 is 0. The van der Waals surface area contributed by atoms with Crippen LogP contribution in [0.4, 0.5) is 0 Å². The topological polar surface area (TPSA) is 12.0 Å². The molecule has 1 aliphatic heterocycles. The normalized spacial score (nSPS) is 24.9. The first-order chi connectivity index (χ1) is 8.22. The highest BCUT2D eigenvalue weighted by molar-refractivity contribution is 6.33. The molecule has 1 fully saturated rings. The van der Waals surface area contributed by atoms with Crippen LogP contribution in [0.2, 0.25) is 10.0 Å². The lowest BCUT2D eigenvalue weighted by atomic mass is 9.79. The molecule has 1 nitrogen and oxygen atoms in total. The molecule has 0 aromatic heterocycles. The number of hydrogen-bond donors (Lipinski definition) is 1. The van der Waals surface area contributed by atoms with E-state index in [1.165, 1.54) is 18.4 Å². The van der Waals surface area contributed by atoms with Crippen molar-refractivity contribution in [3.05, 3.63) is 33.8 Å². The Balaban J connectivity index is 2.25. The Labute approximate surface area is 114 Å². The van der Waals surface area contributed by atoms with Gasteiger partial charge in [0.15, 0.2) is 0 Å². The fourth-order valence-corrected chi connectivity index (χ4v) is 3.24. The molecule has 1 aromatic carbocycles. The maximum atomic E-state index is 6.32. The highest BCUT2D eigenvalue weighted by atomic mass is 35.5. The molecule has 0 spiro atoms. The maximum absolute atomic E-state index is 6.32.